The van der Waals surface area contributed by atoms with Crippen molar-refractivity contribution >= 4 is 53.1 Å². The molecular weight excluding hydrogens is 356 g/mol. The van der Waals surface area contributed by atoms with Crippen LogP contribution in [-0.4, -0.2) is 0 Å². The van der Waals surface area contributed by atoms with E-state index in [2.05, 4.69) is 84.9 Å². The third-order valence-electron chi connectivity index (χ3n) is 6.28. The maximum atomic E-state index is 2.34. The van der Waals surface area contributed by atoms with Crippen LogP contribution in [0.5, 0.6) is 0 Å². The second-order valence-electron chi connectivity index (χ2n) is 7.70. The zero-order valence-corrected chi connectivity index (χ0v) is 16.0. The van der Waals surface area contributed by atoms with Gasteiger partial charge in [-0.25, -0.2) is 0 Å². The van der Waals surface area contributed by atoms with Gasteiger partial charge in [0, 0.05) is 25.7 Å². The lowest BCUT2D eigenvalue weighted by Crippen LogP contribution is -1.85. The van der Waals surface area contributed by atoms with Gasteiger partial charge in [0.15, 0.2) is 0 Å². The van der Waals surface area contributed by atoms with E-state index in [1.165, 1.54) is 64.0 Å². The predicted octanol–water partition coefficient (Wildman–Crippen LogP) is 7.93. The second-order valence-corrected chi connectivity index (χ2v) is 8.75. The van der Waals surface area contributed by atoms with Gasteiger partial charge in [-0.2, -0.15) is 0 Å². The Kier molecular flexibility index (Phi) is 2.76. The van der Waals surface area contributed by atoms with Gasteiger partial charge in [-0.15, -0.1) is 11.3 Å². The minimum Gasteiger partial charge on any atom is -0.134 e. The molecule has 1 heteroatoms. The van der Waals surface area contributed by atoms with Crippen molar-refractivity contribution in [3.63, 3.8) is 0 Å². The molecular formula is C27H16S. The number of rotatable bonds is 0. The summed E-state index contributed by atoms with van der Waals surface area (Å²) in [6.07, 6.45) is 1.03. The molecule has 0 saturated carbocycles. The Labute approximate surface area is 166 Å². The van der Waals surface area contributed by atoms with E-state index in [0.29, 0.717) is 0 Å². The first kappa shape index (κ1) is 14.8. The number of thiophene rings is 1. The Morgan fingerprint density at radius 1 is 0.571 bits per heavy atom. The molecule has 1 aliphatic carbocycles. The normalized spacial score (nSPS) is 12.9. The van der Waals surface area contributed by atoms with Crippen LogP contribution < -0.4 is 0 Å². The fourth-order valence-corrected chi connectivity index (χ4v) is 6.42. The molecule has 7 rings (SSSR count). The Hall–Kier alpha value is -3.16. The molecule has 1 aliphatic rings. The number of benzene rings is 5. The maximum absolute atomic E-state index is 2.34. The van der Waals surface area contributed by atoms with Crippen molar-refractivity contribution in [2.24, 2.45) is 0 Å². The van der Waals surface area contributed by atoms with Crippen LogP contribution >= 0.6 is 11.3 Å². The van der Waals surface area contributed by atoms with Crippen LogP contribution in [0.3, 0.4) is 0 Å². The first-order chi connectivity index (χ1) is 13.9. The minimum atomic E-state index is 1.03. The molecule has 5 aromatic carbocycles. The van der Waals surface area contributed by atoms with Crippen molar-refractivity contribution in [3.8, 4) is 11.1 Å². The molecule has 0 aliphatic heterocycles. The highest BCUT2D eigenvalue weighted by atomic mass is 32.1. The second kappa shape index (κ2) is 5.21. The van der Waals surface area contributed by atoms with E-state index in [-0.39, 0.29) is 0 Å². The zero-order valence-electron chi connectivity index (χ0n) is 15.2. The highest BCUT2D eigenvalue weighted by Crippen LogP contribution is 2.52. The number of hydrogen-bond donors (Lipinski definition) is 0. The van der Waals surface area contributed by atoms with Crippen molar-refractivity contribution in [1.82, 2.24) is 0 Å². The Balaban J connectivity index is 1.80. The van der Waals surface area contributed by atoms with Crippen molar-refractivity contribution < 1.29 is 0 Å². The van der Waals surface area contributed by atoms with Crippen LogP contribution in [0.1, 0.15) is 11.1 Å². The largest absolute Gasteiger partial charge is 0.134 e. The molecule has 0 spiro atoms. The highest BCUT2D eigenvalue weighted by Gasteiger charge is 2.27. The number of fused-ring (bicyclic) bond motifs is 12. The van der Waals surface area contributed by atoms with Gasteiger partial charge in [-0.05, 0) is 50.7 Å². The third kappa shape index (κ3) is 1.75. The van der Waals surface area contributed by atoms with Gasteiger partial charge in [-0.1, -0.05) is 78.9 Å². The fraction of sp³-hybridized carbons (Fsp3) is 0.0370. The molecule has 130 valence electrons. The quantitative estimate of drug-likeness (QED) is 0.253. The van der Waals surface area contributed by atoms with Crippen molar-refractivity contribution in [3.05, 3.63) is 96.1 Å². The molecule has 0 saturated heterocycles. The molecule has 1 heterocycles. The summed E-state index contributed by atoms with van der Waals surface area (Å²) in [5.41, 5.74) is 5.89. The highest BCUT2D eigenvalue weighted by molar-refractivity contribution is 7.26. The standard InChI is InChI=1S/C27H16S/c1-2-8-18-16(7-1)13-14-17-15-22-19-9-3-4-10-20(19)25-21-11-5-6-12-23(21)28-27(25)26(22)24(17)18/h1-14H,15H2. The summed E-state index contributed by atoms with van der Waals surface area (Å²) in [5, 5.41) is 8.33. The van der Waals surface area contributed by atoms with Crippen LogP contribution in [0.25, 0.3) is 52.8 Å². The lowest BCUT2D eigenvalue weighted by molar-refractivity contribution is 1.29. The van der Waals surface area contributed by atoms with E-state index in [4.69, 9.17) is 0 Å². The third-order valence-corrected chi connectivity index (χ3v) is 7.47. The Bertz CT molecular complexity index is 1580. The van der Waals surface area contributed by atoms with Crippen LogP contribution in [0.4, 0.5) is 0 Å². The lowest BCUT2D eigenvalue weighted by atomic mass is 9.93. The van der Waals surface area contributed by atoms with Gasteiger partial charge in [-0.3, -0.25) is 0 Å². The summed E-state index contributed by atoms with van der Waals surface area (Å²) in [6.45, 7) is 0. The summed E-state index contributed by atoms with van der Waals surface area (Å²) < 4.78 is 2.83. The van der Waals surface area contributed by atoms with Gasteiger partial charge in [0.1, 0.15) is 0 Å². The van der Waals surface area contributed by atoms with E-state index in [1.54, 1.807) is 0 Å². The van der Waals surface area contributed by atoms with Gasteiger partial charge in [0.25, 0.3) is 0 Å². The molecule has 1 aromatic heterocycles. The van der Waals surface area contributed by atoms with E-state index < -0.39 is 0 Å². The van der Waals surface area contributed by atoms with Gasteiger partial charge >= 0.3 is 0 Å². The summed E-state index contributed by atoms with van der Waals surface area (Å²) in [4.78, 5) is 0. The van der Waals surface area contributed by atoms with Gasteiger partial charge in [0.05, 0.1) is 0 Å². The summed E-state index contributed by atoms with van der Waals surface area (Å²) in [6, 6.07) is 31.3. The summed E-state index contributed by atoms with van der Waals surface area (Å²) in [5.74, 6) is 0. The Morgan fingerprint density at radius 3 is 2.18 bits per heavy atom. The smallest absolute Gasteiger partial charge is 0.0443 e. The minimum absolute atomic E-state index is 1.03. The van der Waals surface area contributed by atoms with Crippen molar-refractivity contribution in [2.75, 3.05) is 0 Å². The molecule has 0 nitrogen and oxygen atoms in total. The molecule has 0 atom stereocenters. The summed E-state index contributed by atoms with van der Waals surface area (Å²) >= 11 is 1.95. The average molecular weight is 372 g/mol. The fourth-order valence-electron chi connectivity index (χ4n) is 5.12. The molecule has 0 N–H and O–H groups in total. The van der Waals surface area contributed by atoms with E-state index in [0.717, 1.165) is 6.42 Å². The van der Waals surface area contributed by atoms with E-state index >= 15 is 0 Å². The first-order valence-electron chi connectivity index (χ1n) is 9.76. The summed E-state index contributed by atoms with van der Waals surface area (Å²) in [7, 11) is 0. The molecule has 0 radical (unpaired) electrons. The molecule has 6 aromatic rings. The van der Waals surface area contributed by atoms with Crippen LogP contribution in [0.15, 0.2) is 84.9 Å². The van der Waals surface area contributed by atoms with E-state index in [1.807, 2.05) is 11.3 Å². The zero-order chi connectivity index (χ0) is 18.2. The van der Waals surface area contributed by atoms with Gasteiger partial charge in [0.2, 0.25) is 0 Å². The Morgan fingerprint density at radius 2 is 1.29 bits per heavy atom. The predicted molar refractivity (Wildman–Crippen MR) is 123 cm³/mol. The van der Waals surface area contributed by atoms with Crippen LogP contribution in [0, 0.1) is 0 Å². The topological polar surface area (TPSA) is 0 Å². The molecule has 0 bridgehead atoms. The monoisotopic (exact) mass is 372 g/mol. The molecule has 0 amide bonds. The molecule has 0 unspecified atom stereocenters. The first-order valence-corrected chi connectivity index (χ1v) is 10.6. The molecule has 0 fully saturated rings. The van der Waals surface area contributed by atoms with Gasteiger partial charge < -0.3 is 0 Å². The number of hydrogen-bond acceptors (Lipinski definition) is 1. The van der Waals surface area contributed by atoms with Crippen molar-refractivity contribution in [2.45, 2.75) is 6.42 Å². The van der Waals surface area contributed by atoms with Crippen LogP contribution in [-0.2, 0) is 6.42 Å². The maximum Gasteiger partial charge on any atom is 0.0443 e. The average Bonchev–Trinajstić information content (AvgIpc) is 3.33. The van der Waals surface area contributed by atoms with E-state index in [9.17, 15) is 0 Å². The lowest BCUT2D eigenvalue weighted by Gasteiger charge is -2.11. The van der Waals surface area contributed by atoms with Crippen LogP contribution in [0.2, 0.25) is 0 Å². The molecule has 28 heavy (non-hydrogen) atoms. The SMILES string of the molecule is c1ccc2c3c(ccc2c1)Cc1c-3c2sc3ccccc3c2c2ccccc12. The van der Waals surface area contributed by atoms with Crippen molar-refractivity contribution in [1.29, 1.82) is 0 Å².